The first-order chi connectivity index (χ1) is 9.20. The number of nitrogens with zero attached hydrogens (tertiary/aromatic N) is 1. The second-order valence-corrected chi connectivity index (χ2v) is 6.38. The van der Waals surface area contributed by atoms with Crippen molar-refractivity contribution in [2.45, 2.75) is 32.0 Å². The predicted octanol–water partition coefficient (Wildman–Crippen LogP) is 4.15. The van der Waals surface area contributed by atoms with Gasteiger partial charge in [-0.15, -0.1) is 0 Å². The summed E-state index contributed by atoms with van der Waals surface area (Å²) in [4.78, 5) is 2.52. The molecule has 2 N–H and O–H groups in total. The van der Waals surface area contributed by atoms with Gasteiger partial charge in [-0.2, -0.15) is 11.3 Å². The van der Waals surface area contributed by atoms with Crippen LogP contribution in [0.5, 0.6) is 0 Å². The summed E-state index contributed by atoms with van der Waals surface area (Å²) in [6.45, 7) is 1.94. The van der Waals surface area contributed by atoms with Crippen LogP contribution in [0, 0.1) is 0 Å². The largest absolute Gasteiger partial charge is 0.399 e. The zero-order valence-electron chi connectivity index (χ0n) is 10.7. The van der Waals surface area contributed by atoms with E-state index < -0.39 is 0 Å². The Labute approximate surface area is 122 Å². The van der Waals surface area contributed by atoms with Gasteiger partial charge in [0.15, 0.2) is 0 Å². The maximum atomic E-state index is 6.07. The second kappa shape index (κ2) is 5.53. The van der Waals surface area contributed by atoms with Crippen molar-refractivity contribution in [2.24, 2.45) is 0 Å². The van der Waals surface area contributed by atoms with Crippen LogP contribution in [0.4, 0.5) is 5.69 Å². The molecule has 0 bridgehead atoms. The average molecular weight is 293 g/mol. The molecule has 4 heteroatoms. The average Bonchev–Trinajstić information content (AvgIpc) is 3.06. The van der Waals surface area contributed by atoms with Crippen LogP contribution in [0.15, 0.2) is 35.0 Å². The van der Waals surface area contributed by atoms with E-state index in [1.54, 1.807) is 17.4 Å². The molecule has 0 atom stereocenters. The first-order valence-corrected chi connectivity index (χ1v) is 7.83. The maximum Gasteiger partial charge on any atom is 0.0429 e. The molecule has 0 radical (unpaired) electrons. The van der Waals surface area contributed by atoms with Crippen molar-refractivity contribution >= 4 is 28.6 Å². The molecule has 1 aromatic heterocycles. The van der Waals surface area contributed by atoms with Crippen LogP contribution >= 0.6 is 22.9 Å². The number of halogens is 1. The summed E-state index contributed by atoms with van der Waals surface area (Å²) in [5.41, 5.74) is 9.20. The fourth-order valence-electron chi connectivity index (χ4n) is 2.37. The third-order valence-electron chi connectivity index (χ3n) is 3.39. The van der Waals surface area contributed by atoms with E-state index in [0.717, 1.165) is 29.8 Å². The highest BCUT2D eigenvalue weighted by atomic mass is 35.5. The Balaban J connectivity index is 1.74. The van der Waals surface area contributed by atoms with Crippen LogP contribution in [0.3, 0.4) is 0 Å². The molecule has 2 aromatic rings. The molecule has 19 heavy (non-hydrogen) atoms. The lowest BCUT2D eigenvalue weighted by atomic mass is 10.1. The van der Waals surface area contributed by atoms with Crippen molar-refractivity contribution in [3.05, 3.63) is 51.2 Å². The minimum atomic E-state index is 0.722. The molecule has 1 aliphatic rings. The molecule has 0 saturated heterocycles. The first kappa shape index (κ1) is 13.0. The summed E-state index contributed by atoms with van der Waals surface area (Å²) in [5.74, 6) is 0. The van der Waals surface area contributed by atoms with Crippen LogP contribution < -0.4 is 5.73 Å². The molecule has 1 fully saturated rings. The van der Waals surface area contributed by atoms with Crippen LogP contribution in [-0.4, -0.2) is 10.9 Å². The van der Waals surface area contributed by atoms with Gasteiger partial charge in [0.25, 0.3) is 0 Å². The molecule has 100 valence electrons. The van der Waals surface area contributed by atoms with Gasteiger partial charge in [-0.05, 0) is 59.0 Å². The number of nitrogens with two attached hydrogens (primary N) is 1. The summed E-state index contributed by atoms with van der Waals surface area (Å²) in [7, 11) is 0. The SMILES string of the molecule is Nc1cc(Cl)cc(CN(Cc2ccsc2)C2CC2)c1. The number of benzene rings is 1. The Morgan fingerprint density at radius 2 is 2.00 bits per heavy atom. The topological polar surface area (TPSA) is 29.3 Å². The summed E-state index contributed by atoms with van der Waals surface area (Å²) >= 11 is 7.83. The Morgan fingerprint density at radius 3 is 2.63 bits per heavy atom. The van der Waals surface area contributed by atoms with Crippen LogP contribution in [0.25, 0.3) is 0 Å². The number of thiophene rings is 1. The maximum absolute atomic E-state index is 6.07. The Hall–Kier alpha value is -1.03. The van der Waals surface area contributed by atoms with Gasteiger partial charge in [-0.1, -0.05) is 11.6 Å². The third-order valence-corrected chi connectivity index (χ3v) is 4.34. The van der Waals surface area contributed by atoms with E-state index in [1.165, 1.54) is 24.0 Å². The van der Waals surface area contributed by atoms with Gasteiger partial charge in [0, 0.05) is 29.8 Å². The van der Waals surface area contributed by atoms with E-state index in [4.69, 9.17) is 17.3 Å². The van der Waals surface area contributed by atoms with E-state index in [9.17, 15) is 0 Å². The molecule has 3 rings (SSSR count). The van der Waals surface area contributed by atoms with Crippen molar-refractivity contribution in [3.63, 3.8) is 0 Å². The van der Waals surface area contributed by atoms with Crippen molar-refractivity contribution in [1.82, 2.24) is 4.90 Å². The van der Waals surface area contributed by atoms with Gasteiger partial charge in [-0.25, -0.2) is 0 Å². The fraction of sp³-hybridized carbons (Fsp3) is 0.333. The molecule has 1 saturated carbocycles. The molecular formula is C15H17ClN2S. The van der Waals surface area contributed by atoms with Gasteiger partial charge >= 0.3 is 0 Å². The molecule has 1 aliphatic carbocycles. The van der Waals surface area contributed by atoms with Crippen LogP contribution in [0.2, 0.25) is 5.02 Å². The molecule has 2 nitrogen and oxygen atoms in total. The van der Waals surface area contributed by atoms with E-state index in [1.807, 2.05) is 12.1 Å². The van der Waals surface area contributed by atoms with Crippen molar-refractivity contribution < 1.29 is 0 Å². The number of nitrogen functional groups attached to an aromatic ring is 1. The van der Waals surface area contributed by atoms with Crippen molar-refractivity contribution in [3.8, 4) is 0 Å². The molecule has 0 unspecified atom stereocenters. The lowest BCUT2D eigenvalue weighted by molar-refractivity contribution is 0.246. The van der Waals surface area contributed by atoms with Crippen molar-refractivity contribution in [2.75, 3.05) is 5.73 Å². The highest BCUT2D eigenvalue weighted by molar-refractivity contribution is 7.07. The van der Waals surface area contributed by atoms with Crippen LogP contribution in [-0.2, 0) is 13.1 Å². The third kappa shape index (κ3) is 3.50. The summed E-state index contributed by atoms with van der Waals surface area (Å²) in [6, 6.07) is 8.76. The smallest absolute Gasteiger partial charge is 0.0429 e. The Morgan fingerprint density at radius 1 is 1.21 bits per heavy atom. The zero-order valence-corrected chi connectivity index (χ0v) is 12.3. The van der Waals surface area contributed by atoms with Crippen LogP contribution in [0.1, 0.15) is 24.0 Å². The highest BCUT2D eigenvalue weighted by Gasteiger charge is 2.29. The highest BCUT2D eigenvalue weighted by Crippen LogP contribution is 2.31. The number of rotatable bonds is 5. The van der Waals surface area contributed by atoms with Gasteiger partial charge < -0.3 is 5.73 Å². The first-order valence-electron chi connectivity index (χ1n) is 6.51. The normalized spacial score (nSPS) is 15.1. The van der Waals surface area contributed by atoms with E-state index >= 15 is 0 Å². The number of hydrogen-bond donors (Lipinski definition) is 1. The Bertz CT molecular complexity index is 529. The summed E-state index contributed by atoms with van der Waals surface area (Å²) in [5, 5.41) is 5.08. The summed E-state index contributed by atoms with van der Waals surface area (Å²) in [6.07, 6.45) is 2.61. The van der Waals surface area contributed by atoms with Gasteiger partial charge in [0.2, 0.25) is 0 Å². The molecule has 0 aliphatic heterocycles. The van der Waals surface area contributed by atoms with E-state index in [2.05, 4.69) is 21.7 Å². The molecule has 0 spiro atoms. The quantitative estimate of drug-likeness (QED) is 0.839. The molecular weight excluding hydrogens is 276 g/mol. The lowest BCUT2D eigenvalue weighted by Crippen LogP contribution is -2.24. The molecule has 1 heterocycles. The lowest BCUT2D eigenvalue weighted by Gasteiger charge is -2.22. The second-order valence-electron chi connectivity index (χ2n) is 5.16. The molecule has 0 amide bonds. The summed E-state index contributed by atoms with van der Waals surface area (Å²) < 4.78 is 0. The van der Waals surface area contributed by atoms with Gasteiger partial charge in [0.1, 0.15) is 0 Å². The minimum absolute atomic E-state index is 0.722. The predicted molar refractivity (Wildman–Crippen MR) is 82.5 cm³/mol. The zero-order chi connectivity index (χ0) is 13.2. The minimum Gasteiger partial charge on any atom is -0.399 e. The van der Waals surface area contributed by atoms with Gasteiger partial charge in [-0.3, -0.25) is 4.90 Å². The molecule has 1 aromatic carbocycles. The van der Waals surface area contributed by atoms with E-state index in [0.29, 0.717) is 0 Å². The monoisotopic (exact) mass is 292 g/mol. The van der Waals surface area contributed by atoms with Gasteiger partial charge in [0.05, 0.1) is 0 Å². The Kier molecular flexibility index (Phi) is 3.78. The number of anilines is 1. The van der Waals surface area contributed by atoms with Crippen molar-refractivity contribution in [1.29, 1.82) is 0 Å². The fourth-order valence-corrected chi connectivity index (χ4v) is 3.30. The van der Waals surface area contributed by atoms with E-state index in [-0.39, 0.29) is 0 Å². The standard InChI is InChI=1S/C15H17ClN2S/c16-13-5-12(6-14(17)7-13)9-18(15-1-2-15)8-11-3-4-19-10-11/h3-7,10,15H,1-2,8-9,17H2. The number of hydrogen-bond acceptors (Lipinski definition) is 3.